The second-order valence-electron chi connectivity index (χ2n) is 4.44. The van der Waals surface area contributed by atoms with Crippen molar-refractivity contribution >= 4 is 27.7 Å². The molecule has 0 aliphatic heterocycles. The Bertz CT molecular complexity index is 531. The van der Waals surface area contributed by atoms with Crippen LogP contribution in [0, 0.1) is 0 Å². The van der Waals surface area contributed by atoms with Gasteiger partial charge in [0.05, 0.1) is 0 Å². The first kappa shape index (κ1) is 14.5. The minimum absolute atomic E-state index is 0.468. The summed E-state index contributed by atoms with van der Waals surface area (Å²) in [6.07, 6.45) is 3.34. The number of aromatic nitrogens is 2. The Balaban J connectivity index is 2.19. The summed E-state index contributed by atoms with van der Waals surface area (Å²) in [5, 5.41) is 4.41. The van der Waals surface area contributed by atoms with E-state index in [4.69, 9.17) is 0 Å². The molecule has 19 heavy (non-hydrogen) atoms. The van der Waals surface area contributed by atoms with E-state index in [0.29, 0.717) is 6.04 Å². The van der Waals surface area contributed by atoms with E-state index >= 15 is 0 Å². The average Bonchev–Trinajstić information content (AvgIpc) is 2.40. The predicted octanol–water partition coefficient (Wildman–Crippen LogP) is 3.89. The fraction of sp³-hybridized carbons (Fsp3) is 0.286. The molecule has 0 unspecified atom stereocenters. The van der Waals surface area contributed by atoms with Crippen molar-refractivity contribution in [3.05, 3.63) is 46.8 Å². The zero-order valence-electron chi connectivity index (χ0n) is 10.9. The molecule has 1 N–H and O–H groups in total. The molecule has 0 amide bonds. The van der Waals surface area contributed by atoms with Gasteiger partial charge in [-0.25, -0.2) is 9.97 Å². The number of hydrogen-bond acceptors (Lipinski definition) is 4. The lowest BCUT2D eigenvalue weighted by Gasteiger charge is -2.12. The number of rotatable bonds is 5. The van der Waals surface area contributed by atoms with Gasteiger partial charge in [-0.15, -0.1) is 0 Å². The number of halogens is 1. The summed E-state index contributed by atoms with van der Waals surface area (Å²) in [6, 6.07) is 8.72. The van der Waals surface area contributed by atoms with Gasteiger partial charge in [0.15, 0.2) is 0 Å². The normalized spacial score (nSPS) is 10.9. The molecule has 1 aromatic heterocycles. The van der Waals surface area contributed by atoms with Crippen molar-refractivity contribution in [2.75, 3.05) is 0 Å². The molecule has 0 spiro atoms. The second kappa shape index (κ2) is 7.03. The molecular weight excluding hydrogens is 322 g/mol. The minimum Gasteiger partial charge on any atom is -0.310 e. The van der Waals surface area contributed by atoms with Crippen LogP contribution in [0.2, 0.25) is 0 Å². The van der Waals surface area contributed by atoms with Crippen LogP contribution < -0.4 is 5.32 Å². The Morgan fingerprint density at radius 2 is 2.16 bits per heavy atom. The third kappa shape index (κ3) is 4.60. The van der Waals surface area contributed by atoms with Crippen LogP contribution in [-0.2, 0) is 6.54 Å². The quantitative estimate of drug-likeness (QED) is 0.840. The van der Waals surface area contributed by atoms with E-state index in [-0.39, 0.29) is 0 Å². The van der Waals surface area contributed by atoms with Gasteiger partial charge < -0.3 is 5.32 Å². The molecule has 5 heteroatoms. The molecule has 0 fully saturated rings. The molecule has 0 saturated carbocycles. The largest absolute Gasteiger partial charge is 0.310 e. The zero-order chi connectivity index (χ0) is 13.7. The van der Waals surface area contributed by atoms with Crippen molar-refractivity contribution in [1.29, 1.82) is 0 Å². The average molecular weight is 338 g/mol. The molecule has 0 atom stereocenters. The summed E-state index contributed by atoms with van der Waals surface area (Å²) in [4.78, 5) is 9.41. The van der Waals surface area contributed by atoms with Crippen LogP contribution in [0.1, 0.15) is 19.4 Å². The number of nitrogens with one attached hydrogen (secondary N) is 1. The number of hydrogen-bond donors (Lipinski definition) is 1. The van der Waals surface area contributed by atoms with Gasteiger partial charge in [-0.05, 0) is 29.8 Å². The highest BCUT2D eigenvalue weighted by atomic mass is 79.9. The van der Waals surface area contributed by atoms with Gasteiger partial charge in [0.1, 0.15) is 11.4 Å². The van der Waals surface area contributed by atoms with E-state index < -0.39 is 0 Å². The molecule has 0 saturated heterocycles. The lowest BCUT2D eigenvalue weighted by Crippen LogP contribution is -2.22. The van der Waals surface area contributed by atoms with Crippen LogP contribution in [0.3, 0.4) is 0 Å². The summed E-state index contributed by atoms with van der Waals surface area (Å²) in [7, 11) is 0. The molecule has 0 bridgehead atoms. The Hall–Kier alpha value is -0.910. The SMILES string of the molecule is CC(C)NCc1cc(Br)ccc1Sc1ccncn1. The van der Waals surface area contributed by atoms with E-state index in [2.05, 4.69) is 63.3 Å². The van der Waals surface area contributed by atoms with Crippen LogP contribution in [0.4, 0.5) is 0 Å². The van der Waals surface area contributed by atoms with Gasteiger partial charge in [0.25, 0.3) is 0 Å². The highest BCUT2D eigenvalue weighted by Gasteiger charge is 2.07. The fourth-order valence-corrected chi connectivity index (χ4v) is 2.81. The summed E-state index contributed by atoms with van der Waals surface area (Å²) in [5.41, 5.74) is 1.27. The van der Waals surface area contributed by atoms with Crippen LogP contribution >= 0.6 is 27.7 Å². The highest BCUT2D eigenvalue weighted by molar-refractivity contribution is 9.10. The fourth-order valence-electron chi connectivity index (χ4n) is 1.55. The van der Waals surface area contributed by atoms with Crippen molar-refractivity contribution in [2.24, 2.45) is 0 Å². The molecule has 0 aliphatic carbocycles. The Morgan fingerprint density at radius 1 is 1.32 bits per heavy atom. The van der Waals surface area contributed by atoms with Gasteiger partial charge in [0, 0.05) is 28.2 Å². The number of nitrogens with zero attached hydrogens (tertiary/aromatic N) is 2. The Kier molecular flexibility index (Phi) is 5.36. The summed E-state index contributed by atoms with van der Waals surface area (Å²) >= 11 is 5.19. The second-order valence-corrected chi connectivity index (χ2v) is 6.42. The monoisotopic (exact) mass is 337 g/mol. The summed E-state index contributed by atoms with van der Waals surface area (Å²) < 4.78 is 1.10. The summed E-state index contributed by atoms with van der Waals surface area (Å²) in [6.45, 7) is 5.15. The van der Waals surface area contributed by atoms with Crippen molar-refractivity contribution in [3.63, 3.8) is 0 Å². The first-order chi connectivity index (χ1) is 9.15. The zero-order valence-corrected chi connectivity index (χ0v) is 13.3. The molecule has 1 aromatic carbocycles. The van der Waals surface area contributed by atoms with Gasteiger partial charge >= 0.3 is 0 Å². The van der Waals surface area contributed by atoms with Crippen LogP contribution in [0.15, 0.2) is 51.2 Å². The Labute approximate surface area is 126 Å². The first-order valence-corrected chi connectivity index (χ1v) is 7.72. The third-order valence-corrected chi connectivity index (χ3v) is 4.05. The highest BCUT2D eigenvalue weighted by Crippen LogP contribution is 2.30. The van der Waals surface area contributed by atoms with Crippen LogP contribution in [0.25, 0.3) is 0 Å². The van der Waals surface area contributed by atoms with E-state index in [0.717, 1.165) is 16.0 Å². The smallest absolute Gasteiger partial charge is 0.116 e. The van der Waals surface area contributed by atoms with E-state index in [1.165, 1.54) is 10.5 Å². The first-order valence-electron chi connectivity index (χ1n) is 6.11. The molecule has 2 rings (SSSR count). The van der Waals surface area contributed by atoms with Gasteiger partial charge in [-0.1, -0.05) is 41.5 Å². The molecule has 3 nitrogen and oxygen atoms in total. The number of benzene rings is 1. The minimum atomic E-state index is 0.468. The Morgan fingerprint density at radius 3 is 2.84 bits per heavy atom. The molecule has 100 valence electrons. The molecule has 0 aliphatic rings. The van der Waals surface area contributed by atoms with Crippen LogP contribution in [-0.4, -0.2) is 16.0 Å². The molecule has 1 heterocycles. The maximum Gasteiger partial charge on any atom is 0.116 e. The molecule has 2 aromatic rings. The third-order valence-electron chi connectivity index (χ3n) is 2.49. The van der Waals surface area contributed by atoms with E-state index in [1.807, 2.05) is 6.07 Å². The van der Waals surface area contributed by atoms with Gasteiger partial charge in [-0.2, -0.15) is 0 Å². The lowest BCUT2D eigenvalue weighted by molar-refractivity contribution is 0.584. The molecular formula is C14H16BrN3S. The lowest BCUT2D eigenvalue weighted by atomic mass is 10.2. The van der Waals surface area contributed by atoms with Crippen molar-refractivity contribution < 1.29 is 0 Å². The van der Waals surface area contributed by atoms with Crippen molar-refractivity contribution in [3.8, 4) is 0 Å². The molecule has 0 radical (unpaired) electrons. The maximum absolute atomic E-state index is 4.25. The van der Waals surface area contributed by atoms with Crippen LogP contribution in [0.5, 0.6) is 0 Å². The van der Waals surface area contributed by atoms with Crippen molar-refractivity contribution in [2.45, 2.75) is 36.4 Å². The standard InChI is InChI=1S/C14H16BrN3S/c1-10(2)17-8-11-7-12(15)3-4-13(11)19-14-5-6-16-9-18-14/h3-7,9-10,17H,8H2,1-2H3. The topological polar surface area (TPSA) is 37.8 Å². The van der Waals surface area contributed by atoms with Gasteiger partial charge in [-0.3, -0.25) is 0 Å². The van der Waals surface area contributed by atoms with Crippen molar-refractivity contribution in [1.82, 2.24) is 15.3 Å². The maximum atomic E-state index is 4.25. The van der Waals surface area contributed by atoms with E-state index in [1.54, 1.807) is 24.3 Å². The van der Waals surface area contributed by atoms with E-state index in [9.17, 15) is 0 Å². The van der Waals surface area contributed by atoms with Gasteiger partial charge in [0.2, 0.25) is 0 Å². The predicted molar refractivity (Wildman–Crippen MR) is 82.3 cm³/mol. The summed E-state index contributed by atoms with van der Waals surface area (Å²) in [5.74, 6) is 0.